The second kappa shape index (κ2) is 3.78. The Morgan fingerprint density at radius 3 is 2.77 bits per heavy atom. The topological polar surface area (TPSA) is 63.9 Å². The first-order valence-electron chi connectivity index (χ1n) is 9.91. The van der Waals surface area contributed by atoms with Gasteiger partial charge < -0.3 is 18.9 Å². The van der Waals surface area contributed by atoms with E-state index < -0.39 is 23.0 Å². The van der Waals surface area contributed by atoms with E-state index in [1.807, 2.05) is 13.8 Å². The quantitative estimate of drug-likeness (QED) is 0.528. The van der Waals surface area contributed by atoms with Crippen LogP contribution in [0.2, 0.25) is 0 Å². The average molecular weight is 362 g/mol. The SMILES string of the molecule is CC(C)[C@]12O[C@@H]1[C@@H]1O[C@]13[C@]1(O[C@H]1C[C@H]1C4=C(CC[C@@]13C)C(=O)OC4)[C@@H]2F. The number of fused-ring (bicyclic) bond motifs is 4. The van der Waals surface area contributed by atoms with Crippen molar-refractivity contribution in [2.24, 2.45) is 17.3 Å². The summed E-state index contributed by atoms with van der Waals surface area (Å²) >= 11 is 0. The lowest BCUT2D eigenvalue weighted by atomic mass is 9.47. The highest BCUT2D eigenvalue weighted by Crippen LogP contribution is 2.83. The van der Waals surface area contributed by atoms with E-state index >= 15 is 4.39 Å². The normalized spacial score (nSPS) is 63.1. The van der Waals surface area contributed by atoms with Gasteiger partial charge in [-0.1, -0.05) is 20.8 Å². The molecule has 0 bridgehead atoms. The molecule has 0 N–H and O–H groups in total. The number of epoxide rings is 3. The maximum Gasteiger partial charge on any atom is 0.334 e. The van der Waals surface area contributed by atoms with Gasteiger partial charge in [-0.3, -0.25) is 0 Å². The molecule has 0 aromatic carbocycles. The van der Waals surface area contributed by atoms with Gasteiger partial charge in [0, 0.05) is 11.0 Å². The highest BCUT2D eigenvalue weighted by atomic mass is 19.1. The largest absolute Gasteiger partial charge is 0.458 e. The van der Waals surface area contributed by atoms with Crippen LogP contribution >= 0.6 is 0 Å². The first-order chi connectivity index (χ1) is 12.3. The first-order valence-corrected chi connectivity index (χ1v) is 9.91. The second-order valence-electron chi connectivity index (χ2n) is 9.87. The Morgan fingerprint density at radius 2 is 2.00 bits per heavy atom. The lowest BCUT2D eigenvalue weighted by Gasteiger charge is -2.52. The van der Waals surface area contributed by atoms with Crippen LogP contribution in [0.1, 0.15) is 40.0 Å². The fourth-order valence-corrected chi connectivity index (χ4v) is 7.63. The summed E-state index contributed by atoms with van der Waals surface area (Å²) in [5.74, 6) is 0.0922. The summed E-state index contributed by atoms with van der Waals surface area (Å²) in [6.45, 7) is 6.66. The van der Waals surface area contributed by atoms with E-state index in [9.17, 15) is 4.79 Å². The number of halogens is 1. The van der Waals surface area contributed by atoms with E-state index in [0.717, 1.165) is 24.0 Å². The third kappa shape index (κ3) is 1.14. The minimum atomic E-state index is -1.15. The van der Waals surface area contributed by atoms with Gasteiger partial charge in [-0.2, -0.15) is 0 Å². The zero-order valence-corrected chi connectivity index (χ0v) is 15.2. The summed E-state index contributed by atoms with van der Waals surface area (Å²) in [5, 5.41) is 0. The van der Waals surface area contributed by atoms with Crippen molar-refractivity contribution < 1.29 is 28.1 Å². The van der Waals surface area contributed by atoms with Crippen LogP contribution in [0.4, 0.5) is 4.39 Å². The number of carbonyl (C=O) groups excluding carboxylic acids is 1. The Labute approximate surface area is 151 Å². The number of carbonyl (C=O) groups is 1. The molecule has 0 amide bonds. The molecule has 4 heterocycles. The van der Waals surface area contributed by atoms with Crippen LogP contribution in [0.3, 0.4) is 0 Å². The zero-order valence-electron chi connectivity index (χ0n) is 15.2. The van der Waals surface area contributed by atoms with E-state index in [4.69, 9.17) is 18.9 Å². The van der Waals surface area contributed by atoms with Crippen molar-refractivity contribution in [1.82, 2.24) is 0 Å². The molecule has 140 valence electrons. The summed E-state index contributed by atoms with van der Waals surface area (Å²) in [5.41, 5.74) is -0.492. The van der Waals surface area contributed by atoms with Gasteiger partial charge in [-0.25, -0.2) is 9.18 Å². The fraction of sp³-hybridized carbons (Fsp3) is 0.850. The van der Waals surface area contributed by atoms with Gasteiger partial charge in [0.15, 0.2) is 11.8 Å². The predicted molar refractivity (Wildman–Crippen MR) is 86.0 cm³/mol. The number of alkyl halides is 1. The molecule has 5 fully saturated rings. The molecule has 6 heteroatoms. The number of rotatable bonds is 1. The van der Waals surface area contributed by atoms with Gasteiger partial charge in [0.25, 0.3) is 0 Å². The Kier molecular flexibility index (Phi) is 2.18. The van der Waals surface area contributed by atoms with Crippen molar-refractivity contribution >= 4 is 5.97 Å². The predicted octanol–water partition coefficient (Wildman–Crippen LogP) is 2.08. The molecule has 9 atom stereocenters. The van der Waals surface area contributed by atoms with Gasteiger partial charge in [-0.15, -0.1) is 0 Å². The van der Waals surface area contributed by atoms with Crippen molar-refractivity contribution in [3.05, 3.63) is 11.1 Å². The smallest absolute Gasteiger partial charge is 0.334 e. The number of cyclic esters (lactones) is 1. The highest BCUT2D eigenvalue weighted by Gasteiger charge is 3.00. The van der Waals surface area contributed by atoms with Crippen molar-refractivity contribution in [2.75, 3.05) is 6.61 Å². The third-order valence-electron chi connectivity index (χ3n) is 9.04. The Morgan fingerprint density at radius 1 is 1.19 bits per heavy atom. The molecule has 0 aromatic rings. The maximum atomic E-state index is 16.0. The number of ether oxygens (including phenoxy) is 4. The monoisotopic (exact) mass is 362 g/mol. The van der Waals surface area contributed by atoms with Gasteiger partial charge in [0.05, 0.1) is 6.10 Å². The van der Waals surface area contributed by atoms with E-state index in [1.54, 1.807) is 0 Å². The molecule has 7 aliphatic rings. The number of hydrogen-bond acceptors (Lipinski definition) is 5. The summed E-state index contributed by atoms with van der Waals surface area (Å²) in [6.07, 6.45) is 0.701. The lowest BCUT2D eigenvalue weighted by molar-refractivity contribution is -0.136. The molecule has 2 spiro atoms. The van der Waals surface area contributed by atoms with Crippen molar-refractivity contribution in [3.8, 4) is 0 Å². The Hall–Kier alpha value is -0.980. The number of esters is 1. The minimum Gasteiger partial charge on any atom is -0.458 e. The third-order valence-corrected chi connectivity index (χ3v) is 9.04. The Bertz CT molecular complexity index is 823. The minimum absolute atomic E-state index is 0.0881. The fourth-order valence-electron chi connectivity index (χ4n) is 7.63. The maximum absolute atomic E-state index is 16.0. The Balaban J connectivity index is 1.39. The molecule has 0 aromatic heterocycles. The van der Waals surface area contributed by atoms with E-state index in [1.165, 1.54) is 0 Å². The second-order valence-corrected chi connectivity index (χ2v) is 9.87. The van der Waals surface area contributed by atoms with Gasteiger partial charge in [-0.05, 0) is 36.7 Å². The van der Waals surface area contributed by atoms with Crippen molar-refractivity contribution in [1.29, 1.82) is 0 Å². The van der Waals surface area contributed by atoms with E-state index in [2.05, 4.69) is 6.92 Å². The summed E-state index contributed by atoms with van der Waals surface area (Å²) < 4.78 is 40.0. The molecule has 4 aliphatic heterocycles. The molecule has 7 rings (SSSR count). The van der Waals surface area contributed by atoms with Gasteiger partial charge in [0.2, 0.25) is 0 Å². The summed E-state index contributed by atoms with van der Waals surface area (Å²) in [6, 6.07) is 0. The number of hydrogen-bond donors (Lipinski definition) is 0. The molecular weight excluding hydrogens is 339 g/mol. The molecule has 26 heavy (non-hydrogen) atoms. The van der Waals surface area contributed by atoms with Gasteiger partial charge in [0.1, 0.15) is 30.0 Å². The molecule has 5 nitrogen and oxygen atoms in total. The first kappa shape index (κ1) is 15.0. The zero-order chi connectivity index (χ0) is 17.9. The average Bonchev–Trinajstić information content (AvgIpc) is 3.47. The van der Waals surface area contributed by atoms with Gasteiger partial charge >= 0.3 is 5.97 Å². The van der Waals surface area contributed by atoms with Crippen LogP contribution in [0.15, 0.2) is 11.1 Å². The summed E-state index contributed by atoms with van der Waals surface area (Å²) in [7, 11) is 0. The molecule has 0 radical (unpaired) electrons. The van der Waals surface area contributed by atoms with Crippen LogP contribution in [0.25, 0.3) is 0 Å². The highest BCUT2D eigenvalue weighted by molar-refractivity contribution is 5.92. The van der Waals surface area contributed by atoms with Crippen molar-refractivity contribution in [2.45, 2.75) is 81.3 Å². The molecule has 3 aliphatic carbocycles. The molecule has 2 saturated carbocycles. The van der Waals surface area contributed by atoms with Crippen LogP contribution in [0, 0.1) is 17.3 Å². The van der Waals surface area contributed by atoms with Crippen LogP contribution in [-0.2, 0) is 23.7 Å². The van der Waals surface area contributed by atoms with Crippen LogP contribution in [-0.4, -0.2) is 53.9 Å². The molecule has 3 saturated heterocycles. The van der Waals surface area contributed by atoms with Crippen LogP contribution < -0.4 is 0 Å². The molecule has 0 unspecified atom stereocenters. The lowest BCUT2D eigenvalue weighted by Crippen LogP contribution is -2.68. The van der Waals surface area contributed by atoms with Crippen LogP contribution in [0.5, 0.6) is 0 Å². The molecular formula is C20H23FO5. The summed E-state index contributed by atoms with van der Waals surface area (Å²) in [4.78, 5) is 12.1. The van der Waals surface area contributed by atoms with Crippen molar-refractivity contribution in [3.63, 3.8) is 0 Å². The van der Waals surface area contributed by atoms with E-state index in [0.29, 0.717) is 13.0 Å². The standard InChI is InChI=1S/C20H23FO5/c1-8(2)18-13(25-18)14-20(26-14)17(3)5-4-9-10(7-23-15(9)22)11(17)6-12-19(20,24-12)16(18)21/h8,11-14,16H,4-7H2,1-3H3/t11-,12-,13+,14-,16+,17-,18-,19+,20+/m0/s1. The van der Waals surface area contributed by atoms with E-state index in [-0.39, 0.29) is 41.5 Å².